The van der Waals surface area contributed by atoms with E-state index in [2.05, 4.69) is 24.9 Å². The van der Waals surface area contributed by atoms with Crippen LogP contribution in [0.3, 0.4) is 0 Å². The number of nitrogens with zero attached hydrogens (tertiary/aromatic N) is 7. The number of aliphatic carboxylic acids is 1. The van der Waals surface area contributed by atoms with Crippen LogP contribution in [0.5, 0.6) is 0 Å². The third-order valence-corrected chi connectivity index (χ3v) is 7.55. The molecule has 0 aromatic carbocycles. The number of fused-ring (bicyclic) bond motifs is 2. The summed E-state index contributed by atoms with van der Waals surface area (Å²) in [5.41, 5.74) is 12.3. The van der Waals surface area contributed by atoms with Crippen LogP contribution in [0.15, 0.2) is 41.0 Å². The van der Waals surface area contributed by atoms with Gasteiger partial charge in [0, 0.05) is 28.9 Å². The number of carboxylic acid groups (broad SMARTS) is 1. The molecule has 0 radical (unpaired) electrons. The molecule has 3 aromatic heterocycles. The predicted molar refractivity (Wildman–Crippen MR) is 134 cm³/mol. The fraction of sp³-hybridized carbons (Fsp3) is 0.333. The molecule has 2 atom stereocenters. The first kappa shape index (κ1) is 25.4. The molecule has 1 saturated heterocycles. The van der Waals surface area contributed by atoms with Crippen LogP contribution in [-0.4, -0.2) is 70.6 Å². The molecular formula is C21H22N10O5S2. The molecule has 15 nitrogen and oxygen atoms in total. The lowest BCUT2D eigenvalue weighted by molar-refractivity contribution is -0.662. The monoisotopic (exact) mass is 558 g/mol. The van der Waals surface area contributed by atoms with Crippen molar-refractivity contribution in [2.75, 3.05) is 17.2 Å². The number of carbonyl (C=O) groups excluding carboxylic acids is 3. The number of thioether (sulfide) groups is 1. The zero-order chi connectivity index (χ0) is 27.1. The van der Waals surface area contributed by atoms with Crippen molar-refractivity contribution in [1.82, 2.24) is 29.2 Å². The number of nitrogen functional groups attached to an aromatic ring is 2. The Morgan fingerprint density at radius 2 is 2.18 bits per heavy atom. The van der Waals surface area contributed by atoms with Crippen LogP contribution in [0.2, 0.25) is 0 Å². The number of amides is 2. The molecule has 198 valence electrons. The molecule has 0 saturated carbocycles. The standard InChI is InChI=1S/C21H22N10O5S2/c1-9(2)36-27-13(16-26-21(23)38-28-16)17(32)25-14-18(33)30-15(20(34)35)10(8-37-19(14)30)6-29-7-11(22)31-12(29)4-3-5-24-31/h3-5,7,9,14,19H,6,8H2,1-2H3,(H5-,22,23,24,25,26,28,32,34,35)/b27-13-/t14-,19-/m1/s1. The van der Waals surface area contributed by atoms with Crippen LogP contribution in [0.4, 0.5) is 10.9 Å². The van der Waals surface area contributed by atoms with Crippen LogP contribution in [0.1, 0.15) is 19.7 Å². The van der Waals surface area contributed by atoms with Gasteiger partial charge in [-0.3, -0.25) is 14.5 Å². The molecule has 5 N–H and O–H groups in total. The van der Waals surface area contributed by atoms with E-state index in [9.17, 15) is 19.5 Å². The lowest BCUT2D eigenvalue weighted by Gasteiger charge is -2.50. The fourth-order valence-corrected chi connectivity index (χ4v) is 5.84. The number of nitrogens with two attached hydrogens (primary N) is 2. The number of nitrogens with one attached hydrogen (secondary N) is 1. The Balaban J connectivity index is 1.38. The molecule has 0 unspecified atom stereocenters. The first-order valence-corrected chi connectivity index (χ1v) is 13.1. The quantitative estimate of drug-likeness (QED) is 0.118. The van der Waals surface area contributed by atoms with Crippen LogP contribution >= 0.6 is 23.3 Å². The van der Waals surface area contributed by atoms with Crippen LogP contribution in [0.25, 0.3) is 5.65 Å². The molecular weight excluding hydrogens is 536 g/mol. The summed E-state index contributed by atoms with van der Waals surface area (Å²) in [4.78, 5) is 48.6. The third kappa shape index (κ3) is 4.49. The number of carboxylic acids is 1. The second-order valence-electron chi connectivity index (χ2n) is 8.63. The van der Waals surface area contributed by atoms with E-state index in [0.29, 0.717) is 17.0 Å². The Hall–Kier alpha value is -4.25. The van der Waals surface area contributed by atoms with Gasteiger partial charge in [-0.2, -0.15) is 9.36 Å². The van der Waals surface area contributed by atoms with E-state index in [4.69, 9.17) is 16.3 Å². The van der Waals surface area contributed by atoms with Gasteiger partial charge in [0.15, 0.2) is 11.3 Å². The van der Waals surface area contributed by atoms with E-state index >= 15 is 0 Å². The molecule has 3 aromatic rings. The van der Waals surface area contributed by atoms with Crippen LogP contribution in [0, 0.1) is 0 Å². The van der Waals surface area contributed by atoms with E-state index in [-0.39, 0.29) is 40.8 Å². The normalized spacial score (nSPS) is 19.5. The van der Waals surface area contributed by atoms with Gasteiger partial charge in [0.05, 0.1) is 17.9 Å². The highest BCUT2D eigenvalue weighted by molar-refractivity contribution is 8.00. The van der Waals surface area contributed by atoms with Crippen molar-refractivity contribution in [2.45, 2.75) is 37.9 Å². The summed E-state index contributed by atoms with van der Waals surface area (Å²) in [5, 5.41) is 22.2. The lowest BCUT2D eigenvalue weighted by Crippen LogP contribution is -2.71. The molecule has 2 amide bonds. The highest BCUT2D eigenvalue weighted by Crippen LogP contribution is 2.40. The van der Waals surface area contributed by atoms with Gasteiger partial charge in [0.2, 0.25) is 11.5 Å². The summed E-state index contributed by atoms with van der Waals surface area (Å²) in [7, 11) is 0. The molecule has 0 aliphatic carbocycles. The molecule has 0 bridgehead atoms. The zero-order valence-corrected chi connectivity index (χ0v) is 21.7. The van der Waals surface area contributed by atoms with Crippen LogP contribution < -0.4 is 26.5 Å². The van der Waals surface area contributed by atoms with Crippen molar-refractivity contribution in [3.8, 4) is 0 Å². The van der Waals surface area contributed by atoms with Gasteiger partial charge in [0.1, 0.15) is 24.1 Å². The summed E-state index contributed by atoms with van der Waals surface area (Å²) in [6.45, 7) is 3.59. The van der Waals surface area contributed by atoms with Crippen molar-refractivity contribution in [3.05, 3.63) is 41.6 Å². The van der Waals surface area contributed by atoms with Crippen molar-refractivity contribution >= 4 is 63.4 Å². The average molecular weight is 559 g/mol. The summed E-state index contributed by atoms with van der Waals surface area (Å²) in [6.07, 6.45) is 2.89. The first-order valence-electron chi connectivity index (χ1n) is 11.3. The van der Waals surface area contributed by atoms with Gasteiger partial charge in [0.25, 0.3) is 17.6 Å². The largest absolute Gasteiger partial charge is 0.543 e. The Bertz CT molecular complexity index is 1510. The van der Waals surface area contributed by atoms with Gasteiger partial charge in [-0.15, -0.1) is 11.8 Å². The zero-order valence-electron chi connectivity index (χ0n) is 20.1. The maximum atomic E-state index is 13.1. The predicted octanol–water partition coefficient (Wildman–Crippen LogP) is -2.13. The van der Waals surface area contributed by atoms with Gasteiger partial charge in [-0.1, -0.05) is 14.8 Å². The number of carbonyl (C=O) groups is 3. The van der Waals surface area contributed by atoms with Gasteiger partial charge >= 0.3 is 5.65 Å². The lowest BCUT2D eigenvalue weighted by atomic mass is 10.0. The van der Waals surface area contributed by atoms with Gasteiger partial charge in [-0.05, 0) is 19.9 Å². The topological polar surface area (TPSA) is 210 Å². The molecule has 0 spiro atoms. The Morgan fingerprint density at radius 3 is 2.87 bits per heavy atom. The van der Waals surface area contributed by atoms with Crippen LogP contribution in [-0.2, 0) is 25.8 Å². The smallest absolute Gasteiger partial charge is 0.309 e. The Kier molecular flexibility index (Phi) is 6.62. The fourth-order valence-electron chi connectivity index (χ4n) is 4.07. The van der Waals surface area contributed by atoms with Crippen molar-refractivity contribution in [2.24, 2.45) is 5.16 Å². The van der Waals surface area contributed by atoms with E-state index in [1.54, 1.807) is 42.9 Å². The highest BCUT2D eigenvalue weighted by Gasteiger charge is 2.53. The Labute approximate surface area is 223 Å². The number of anilines is 2. The minimum absolute atomic E-state index is 0.0474. The number of imidazole rings is 1. The summed E-state index contributed by atoms with van der Waals surface area (Å²) < 4.78 is 7.26. The number of β-lactam (4-membered cyclic amide) rings is 1. The SMILES string of the molecule is CC(C)O/N=C(\C(=O)N[C@@H]1C(=O)N2C(C(=O)[O-])=C(C[n+]3cc(N)n4ncccc43)CS[C@H]12)c1nsc(N)n1. The molecule has 5 heterocycles. The summed E-state index contributed by atoms with van der Waals surface area (Å²) in [6, 6.07) is 2.51. The Morgan fingerprint density at radius 1 is 1.39 bits per heavy atom. The molecule has 5 rings (SSSR count). The van der Waals surface area contributed by atoms with Crippen molar-refractivity contribution in [3.63, 3.8) is 0 Å². The number of oxime groups is 1. The van der Waals surface area contributed by atoms with E-state index in [1.165, 1.54) is 16.3 Å². The second kappa shape index (κ2) is 9.90. The van der Waals surface area contributed by atoms with Gasteiger partial charge < -0.3 is 31.5 Å². The maximum Gasteiger partial charge on any atom is 0.309 e. The number of hydrogen-bond donors (Lipinski definition) is 3. The molecule has 2 aliphatic heterocycles. The molecule has 1 fully saturated rings. The van der Waals surface area contributed by atoms with E-state index < -0.39 is 29.2 Å². The number of hydrogen-bond acceptors (Lipinski definition) is 13. The minimum Gasteiger partial charge on any atom is -0.543 e. The van der Waals surface area contributed by atoms with Crippen molar-refractivity contribution in [1.29, 1.82) is 0 Å². The number of aromatic nitrogens is 5. The second-order valence-corrected chi connectivity index (χ2v) is 10.5. The highest BCUT2D eigenvalue weighted by atomic mass is 32.2. The first-order chi connectivity index (χ1) is 18.2. The third-order valence-electron chi connectivity index (χ3n) is 5.67. The average Bonchev–Trinajstić information content (AvgIpc) is 3.45. The van der Waals surface area contributed by atoms with E-state index in [0.717, 1.165) is 16.4 Å². The molecule has 2 aliphatic rings. The van der Waals surface area contributed by atoms with E-state index in [1.807, 2.05) is 0 Å². The number of rotatable bonds is 8. The molecule has 38 heavy (non-hydrogen) atoms. The minimum atomic E-state index is -1.49. The maximum absolute atomic E-state index is 13.1. The summed E-state index contributed by atoms with van der Waals surface area (Å²) >= 11 is 2.19. The molecule has 17 heteroatoms. The van der Waals surface area contributed by atoms with Crippen molar-refractivity contribution < 1.29 is 28.9 Å². The summed E-state index contributed by atoms with van der Waals surface area (Å²) in [5.74, 6) is -2.26. The van der Waals surface area contributed by atoms with Gasteiger partial charge in [-0.25, -0.2) is 4.57 Å².